The van der Waals surface area contributed by atoms with Crippen molar-refractivity contribution >= 4 is 23.3 Å². The minimum absolute atomic E-state index is 0.0559. The molecule has 1 aliphatic rings. The average Bonchev–Trinajstić information content (AvgIpc) is 3.25. The Balaban J connectivity index is 1.74. The number of non-ortho nitro benzene ring substituents is 1. The summed E-state index contributed by atoms with van der Waals surface area (Å²) < 4.78 is 1.79. The van der Waals surface area contributed by atoms with Crippen LogP contribution in [0.4, 0.5) is 5.69 Å². The zero-order valence-electron chi connectivity index (χ0n) is 14.2. The van der Waals surface area contributed by atoms with Gasteiger partial charge < -0.3 is 5.11 Å². The summed E-state index contributed by atoms with van der Waals surface area (Å²) in [6.45, 7) is 0. The Morgan fingerprint density at radius 3 is 2.67 bits per heavy atom. The number of carbonyl (C=O) groups is 1. The van der Waals surface area contributed by atoms with Crippen molar-refractivity contribution in [3.05, 3.63) is 87.2 Å². The van der Waals surface area contributed by atoms with Crippen LogP contribution in [-0.2, 0) is 6.42 Å². The minimum Gasteiger partial charge on any atom is -0.478 e. The van der Waals surface area contributed by atoms with Gasteiger partial charge in [-0.3, -0.25) is 10.1 Å². The van der Waals surface area contributed by atoms with Crippen molar-refractivity contribution in [1.29, 1.82) is 0 Å². The number of nitrogens with zero attached hydrogens (tertiary/aromatic N) is 3. The van der Waals surface area contributed by atoms with E-state index < -0.39 is 10.9 Å². The van der Waals surface area contributed by atoms with Crippen molar-refractivity contribution in [2.24, 2.45) is 0 Å². The van der Waals surface area contributed by atoms with Crippen molar-refractivity contribution in [2.75, 3.05) is 0 Å². The van der Waals surface area contributed by atoms with Crippen molar-refractivity contribution in [3.8, 4) is 5.69 Å². The molecule has 0 fully saturated rings. The van der Waals surface area contributed by atoms with Gasteiger partial charge in [0.2, 0.25) is 0 Å². The molecule has 2 aromatic carbocycles. The fourth-order valence-electron chi connectivity index (χ4n) is 3.31. The second-order valence-corrected chi connectivity index (χ2v) is 6.30. The van der Waals surface area contributed by atoms with E-state index in [9.17, 15) is 14.9 Å². The number of allylic oxidation sites excluding steroid dienone is 1. The zero-order chi connectivity index (χ0) is 19.0. The van der Waals surface area contributed by atoms with Crippen molar-refractivity contribution < 1.29 is 14.8 Å². The van der Waals surface area contributed by atoms with Gasteiger partial charge in [0.05, 0.1) is 28.1 Å². The van der Waals surface area contributed by atoms with Crippen LogP contribution in [0.2, 0.25) is 0 Å². The molecule has 134 valence electrons. The molecule has 7 heteroatoms. The molecule has 0 radical (unpaired) electrons. The molecule has 4 rings (SSSR count). The number of carboxylic acid groups (broad SMARTS) is 1. The molecule has 0 bridgehead atoms. The SMILES string of the molecule is O=C(O)c1ccc(-n2ncc3c2/C(=C/c2cccc([N+](=O)[O-])c2)CC3)cc1. The van der Waals surface area contributed by atoms with Crippen molar-refractivity contribution in [1.82, 2.24) is 9.78 Å². The molecule has 0 atom stereocenters. The Kier molecular flexibility index (Phi) is 4.04. The van der Waals surface area contributed by atoms with E-state index in [1.165, 1.54) is 6.07 Å². The molecule has 1 aliphatic carbocycles. The summed E-state index contributed by atoms with van der Waals surface area (Å²) in [5.41, 5.74) is 4.92. The lowest BCUT2D eigenvalue weighted by molar-refractivity contribution is -0.384. The topological polar surface area (TPSA) is 98.3 Å². The molecule has 0 amide bonds. The number of aromatic carboxylic acids is 1. The van der Waals surface area contributed by atoms with Crippen LogP contribution in [-0.4, -0.2) is 25.8 Å². The second-order valence-electron chi connectivity index (χ2n) is 6.30. The highest BCUT2D eigenvalue weighted by Gasteiger charge is 2.23. The third-order valence-corrected chi connectivity index (χ3v) is 4.59. The molecule has 1 heterocycles. The fourth-order valence-corrected chi connectivity index (χ4v) is 3.31. The number of hydrogen-bond donors (Lipinski definition) is 1. The Bertz CT molecular complexity index is 1080. The smallest absolute Gasteiger partial charge is 0.335 e. The van der Waals surface area contributed by atoms with E-state index >= 15 is 0 Å². The van der Waals surface area contributed by atoms with Gasteiger partial charge in [0.15, 0.2) is 0 Å². The molecule has 3 aromatic rings. The number of aromatic nitrogens is 2. The third kappa shape index (κ3) is 3.10. The van der Waals surface area contributed by atoms with Gasteiger partial charge in [-0.2, -0.15) is 5.10 Å². The second kappa shape index (κ2) is 6.53. The van der Waals surface area contributed by atoms with E-state index in [2.05, 4.69) is 5.10 Å². The summed E-state index contributed by atoms with van der Waals surface area (Å²) in [6.07, 6.45) is 5.43. The van der Waals surface area contributed by atoms with Gasteiger partial charge in [-0.25, -0.2) is 9.48 Å². The molecule has 27 heavy (non-hydrogen) atoms. The van der Waals surface area contributed by atoms with E-state index in [1.54, 1.807) is 41.1 Å². The lowest BCUT2D eigenvalue weighted by atomic mass is 10.1. The number of rotatable bonds is 4. The summed E-state index contributed by atoms with van der Waals surface area (Å²) >= 11 is 0. The summed E-state index contributed by atoms with van der Waals surface area (Å²) in [6, 6.07) is 13.1. The first-order chi connectivity index (χ1) is 13.0. The highest BCUT2D eigenvalue weighted by molar-refractivity contribution is 5.88. The maximum Gasteiger partial charge on any atom is 0.335 e. The number of nitro benzene ring substituents is 1. The van der Waals surface area contributed by atoms with Crippen LogP contribution >= 0.6 is 0 Å². The first-order valence-electron chi connectivity index (χ1n) is 8.39. The Labute approximate surface area is 154 Å². The maximum absolute atomic E-state index is 11.0. The van der Waals surface area contributed by atoms with Crippen LogP contribution in [0.5, 0.6) is 0 Å². The molecule has 0 saturated carbocycles. The molecule has 0 aliphatic heterocycles. The molecule has 1 N–H and O–H groups in total. The zero-order valence-corrected chi connectivity index (χ0v) is 14.2. The number of benzene rings is 2. The highest BCUT2D eigenvalue weighted by Crippen LogP contribution is 2.35. The average molecular weight is 361 g/mol. The number of nitro groups is 1. The summed E-state index contributed by atoms with van der Waals surface area (Å²) in [4.78, 5) is 21.6. The standard InChI is InChI=1S/C20H15N3O4/c24-20(25)14-6-8-17(9-7-14)22-19-15(4-5-16(19)12-21-22)10-13-2-1-3-18(11-13)23(26)27/h1-3,6-12H,4-5H2,(H,24,25)/b15-10+. The van der Waals surface area contributed by atoms with Crippen LogP contribution in [0.25, 0.3) is 17.3 Å². The predicted octanol–water partition coefficient (Wildman–Crippen LogP) is 3.97. The van der Waals surface area contributed by atoms with E-state index in [0.29, 0.717) is 0 Å². The highest BCUT2D eigenvalue weighted by atomic mass is 16.6. The van der Waals surface area contributed by atoms with Crippen LogP contribution in [0.1, 0.15) is 33.6 Å². The van der Waals surface area contributed by atoms with Crippen LogP contribution in [0, 0.1) is 10.1 Å². The first kappa shape index (κ1) is 16.7. The molecule has 0 unspecified atom stereocenters. The Morgan fingerprint density at radius 2 is 1.96 bits per heavy atom. The van der Waals surface area contributed by atoms with Crippen LogP contribution < -0.4 is 0 Å². The molecule has 7 nitrogen and oxygen atoms in total. The van der Waals surface area contributed by atoms with Gasteiger partial charge in [-0.1, -0.05) is 12.1 Å². The fraction of sp³-hybridized carbons (Fsp3) is 0.100. The number of hydrogen-bond acceptors (Lipinski definition) is 4. The van der Waals surface area contributed by atoms with Gasteiger partial charge in [0.25, 0.3) is 5.69 Å². The van der Waals surface area contributed by atoms with Crippen molar-refractivity contribution in [3.63, 3.8) is 0 Å². The lowest BCUT2D eigenvalue weighted by Gasteiger charge is -2.08. The number of fused-ring (bicyclic) bond motifs is 1. The Morgan fingerprint density at radius 1 is 1.19 bits per heavy atom. The Hall–Kier alpha value is -3.74. The predicted molar refractivity (Wildman–Crippen MR) is 99.8 cm³/mol. The number of aryl methyl sites for hydroxylation is 1. The number of carboxylic acids is 1. The van der Waals surface area contributed by atoms with Gasteiger partial charge in [-0.15, -0.1) is 0 Å². The van der Waals surface area contributed by atoms with Gasteiger partial charge >= 0.3 is 5.97 Å². The third-order valence-electron chi connectivity index (χ3n) is 4.59. The summed E-state index contributed by atoms with van der Waals surface area (Å²) in [7, 11) is 0. The minimum atomic E-state index is -0.974. The van der Waals surface area contributed by atoms with Crippen LogP contribution in [0.15, 0.2) is 54.7 Å². The summed E-state index contributed by atoms with van der Waals surface area (Å²) in [5, 5.41) is 24.5. The largest absolute Gasteiger partial charge is 0.478 e. The van der Waals surface area contributed by atoms with Gasteiger partial charge in [0, 0.05) is 12.1 Å². The maximum atomic E-state index is 11.0. The van der Waals surface area contributed by atoms with E-state index in [-0.39, 0.29) is 11.3 Å². The van der Waals surface area contributed by atoms with E-state index in [0.717, 1.165) is 40.9 Å². The quantitative estimate of drug-likeness (QED) is 0.560. The monoisotopic (exact) mass is 361 g/mol. The van der Waals surface area contributed by atoms with E-state index in [1.807, 2.05) is 18.3 Å². The van der Waals surface area contributed by atoms with Gasteiger partial charge in [0.1, 0.15) is 0 Å². The van der Waals surface area contributed by atoms with Gasteiger partial charge in [-0.05, 0) is 59.9 Å². The van der Waals surface area contributed by atoms with Crippen LogP contribution in [0.3, 0.4) is 0 Å². The lowest BCUT2D eigenvalue weighted by Crippen LogP contribution is -2.02. The van der Waals surface area contributed by atoms with E-state index in [4.69, 9.17) is 5.11 Å². The molecular formula is C20H15N3O4. The summed E-state index contributed by atoms with van der Waals surface area (Å²) in [5.74, 6) is -0.974. The molecule has 0 spiro atoms. The normalized spacial score (nSPS) is 14.3. The first-order valence-corrected chi connectivity index (χ1v) is 8.39. The molecular weight excluding hydrogens is 346 g/mol. The molecule has 0 saturated heterocycles. The van der Waals surface area contributed by atoms with Crippen molar-refractivity contribution in [2.45, 2.75) is 12.8 Å². The molecule has 1 aromatic heterocycles.